The minimum atomic E-state index is -0.346. The summed E-state index contributed by atoms with van der Waals surface area (Å²) in [6.07, 6.45) is 0.658. The van der Waals surface area contributed by atoms with Gasteiger partial charge >= 0.3 is 0 Å². The second kappa shape index (κ2) is 7.19. The van der Waals surface area contributed by atoms with Crippen LogP contribution in [0.2, 0.25) is 0 Å². The van der Waals surface area contributed by atoms with Gasteiger partial charge in [-0.1, -0.05) is 18.2 Å². The van der Waals surface area contributed by atoms with E-state index in [1.54, 1.807) is 0 Å². The normalized spacial score (nSPS) is 10.1. The number of ether oxygens (including phenoxy) is 1. The fourth-order valence-electron chi connectivity index (χ4n) is 1.81. The number of hydrogen-bond donors (Lipinski definition) is 3. The summed E-state index contributed by atoms with van der Waals surface area (Å²) >= 11 is 0. The highest BCUT2D eigenvalue weighted by Crippen LogP contribution is 2.20. The summed E-state index contributed by atoms with van der Waals surface area (Å²) in [5, 5.41) is 21.3. The van der Waals surface area contributed by atoms with Crippen LogP contribution < -0.4 is 10.1 Å². The summed E-state index contributed by atoms with van der Waals surface area (Å²) < 4.78 is 5.50. The molecule has 0 aliphatic heterocycles. The van der Waals surface area contributed by atoms with E-state index in [0.717, 1.165) is 5.75 Å². The molecule has 0 unspecified atom stereocenters. The summed E-state index contributed by atoms with van der Waals surface area (Å²) in [5.41, 5.74) is 0.219. The standard InChI is InChI=1S/C16H17NO4/c18-13-9-12(10-14(19)11-13)16(20)17-7-4-8-21-15-5-2-1-3-6-15/h1-3,5-6,9-11,18-19H,4,7-8H2,(H,17,20). The Morgan fingerprint density at radius 2 is 1.71 bits per heavy atom. The van der Waals surface area contributed by atoms with Gasteiger partial charge in [0.15, 0.2) is 0 Å². The minimum Gasteiger partial charge on any atom is -0.508 e. The van der Waals surface area contributed by atoms with Gasteiger partial charge in [0.1, 0.15) is 17.2 Å². The van der Waals surface area contributed by atoms with Crippen molar-refractivity contribution in [3.05, 3.63) is 54.1 Å². The second-order valence-electron chi connectivity index (χ2n) is 4.51. The Kier molecular flexibility index (Phi) is 5.04. The number of carbonyl (C=O) groups is 1. The number of aromatic hydroxyl groups is 2. The van der Waals surface area contributed by atoms with E-state index in [9.17, 15) is 15.0 Å². The molecule has 0 saturated carbocycles. The molecule has 0 saturated heterocycles. The number of amides is 1. The summed E-state index contributed by atoms with van der Waals surface area (Å²) in [5.74, 6) is 0.155. The molecule has 110 valence electrons. The molecule has 0 heterocycles. The van der Waals surface area contributed by atoms with Gasteiger partial charge in [-0.15, -0.1) is 0 Å². The van der Waals surface area contributed by atoms with E-state index in [2.05, 4.69) is 5.32 Å². The lowest BCUT2D eigenvalue weighted by molar-refractivity contribution is 0.0950. The summed E-state index contributed by atoms with van der Waals surface area (Å²) in [7, 11) is 0. The van der Waals surface area contributed by atoms with Crippen LogP contribution in [0.1, 0.15) is 16.8 Å². The fourth-order valence-corrected chi connectivity index (χ4v) is 1.81. The number of carbonyl (C=O) groups excluding carboxylic acids is 1. The molecule has 5 heteroatoms. The van der Waals surface area contributed by atoms with Crippen molar-refractivity contribution in [3.63, 3.8) is 0 Å². The van der Waals surface area contributed by atoms with Crippen LogP contribution in [0.5, 0.6) is 17.2 Å². The first kappa shape index (κ1) is 14.7. The molecule has 5 nitrogen and oxygen atoms in total. The SMILES string of the molecule is O=C(NCCCOc1ccccc1)c1cc(O)cc(O)c1. The fraction of sp³-hybridized carbons (Fsp3) is 0.188. The average molecular weight is 287 g/mol. The van der Waals surface area contributed by atoms with Crippen molar-refractivity contribution in [1.29, 1.82) is 0 Å². The Balaban J connectivity index is 1.72. The second-order valence-corrected chi connectivity index (χ2v) is 4.51. The first-order chi connectivity index (χ1) is 10.1. The summed E-state index contributed by atoms with van der Waals surface area (Å²) in [4.78, 5) is 11.8. The number of benzene rings is 2. The first-order valence-electron chi connectivity index (χ1n) is 6.64. The van der Waals surface area contributed by atoms with E-state index >= 15 is 0 Å². The van der Waals surface area contributed by atoms with Gasteiger partial charge in [-0.25, -0.2) is 0 Å². The van der Waals surface area contributed by atoms with E-state index in [0.29, 0.717) is 19.6 Å². The lowest BCUT2D eigenvalue weighted by Gasteiger charge is -2.08. The molecular formula is C16H17NO4. The monoisotopic (exact) mass is 287 g/mol. The number of phenolic OH excluding ortho intramolecular Hbond substituents is 2. The summed E-state index contributed by atoms with van der Waals surface area (Å²) in [6.45, 7) is 0.942. The third kappa shape index (κ3) is 4.72. The van der Waals surface area contributed by atoms with Gasteiger partial charge < -0.3 is 20.3 Å². The van der Waals surface area contributed by atoms with Gasteiger partial charge in [-0.05, 0) is 30.7 Å². The van der Waals surface area contributed by atoms with E-state index in [4.69, 9.17) is 4.74 Å². The molecule has 0 spiro atoms. The Morgan fingerprint density at radius 1 is 1.05 bits per heavy atom. The third-order valence-electron chi connectivity index (χ3n) is 2.78. The first-order valence-corrected chi connectivity index (χ1v) is 6.64. The highest BCUT2D eigenvalue weighted by atomic mass is 16.5. The Bertz CT molecular complexity index is 578. The van der Waals surface area contributed by atoms with Gasteiger partial charge in [-0.3, -0.25) is 4.79 Å². The third-order valence-corrected chi connectivity index (χ3v) is 2.78. The predicted octanol–water partition coefficient (Wildman–Crippen LogP) is 2.30. The maximum atomic E-state index is 11.8. The zero-order chi connectivity index (χ0) is 15.1. The van der Waals surface area contributed by atoms with E-state index in [1.807, 2.05) is 30.3 Å². The molecule has 0 fully saturated rings. The van der Waals surface area contributed by atoms with Crippen LogP contribution in [0.3, 0.4) is 0 Å². The maximum Gasteiger partial charge on any atom is 0.251 e. The molecule has 0 atom stereocenters. The van der Waals surface area contributed by atoms with Gasteiger partial charge in [-0.2, -0.15) is 0 Å². The molecule has 0 aromatic heterocycles. The lowest BCUT2D eigenvalue weighted by Crippen LogP contribution is -2.25. The number of para-hydroxylation sites is 1. The molecule has 2 aromatic carbocycles. The molecule has 0 aliphatic rings. The Labute approximate surface area is 122 Å². The molecule has 2 aromatic rings. The Morgan fingerprint density at radius 3 is 2.38 bits per heavy atom. The van der Waals surface area contributed by atoms with Crippen LogP contribution in [0.4, 0.5) is 0 Å². The van der Waals surface area contributed by atoms with Gasteiger partial charge in [0.25, 0.3) is 5.91 Å². The van der Waals surface area contributed by atoms with Gasteiger partial charge in [0.2, 0.25) is 0 Å². The molecule has 0 radical (unpaired) electrons. The van der Waals surface area contributed by atoms with Crippen molar-refractivity contribution in [2.45, 2.75) is 6.42 Å². The smallest absolute Gasteiger partial charge is 0.251 e. The van der Waals surface area contributed by atoms with Crippen LogP contribution in [0.25, 0.3) is 0 Å². The lowest BCUT2D eigenvalue weighted by atomic mass is 10.2. The van der Waals surface area contributed by atoms with Crippen LogP contribution in [-0.4, -0.2) is 29.3 Å². The van der Waals surface area contributed by atoms with Crippen LogP contribution in [0.15, 0.2) is 48.5 Å². The van der Waals surface area contributed by atoms with Crippen LogP contribution in [-0.2, 0) is 0 Å². The van der Waals surface area contributed by atoms with Crippen LogP contribution >= 0.6 is 0 Å². The molecular weight excluding hydrogens is 270 g/mol. The van der Waals surface area contributed by atoms with Crippen molar-refractivity contribution in [3.8, 4) is 17.2 Å². The van der Waals surface area contributed by atoms with Crippen molar-refractivity contribution in [1.82, 2.24) is 5.32 Å². The topological polar surface area (TPSA) is 78.8 Å². The highest BCUT2D eigenvalue weighted by Gasteiger charge is 2.07. The van der Waals surface area contributed by atoms with Crippen molar-refractivity contribution < 1.29 is 19.7 Å². The quantitative estimate of drug-likeness (QED) is 0.712. The average Bonchev–Trinajstić information content (AvgIpc) is 2.47. The van der Waals surface area contributed by atoms with E-state index in [1.165, 1.54) is 18.2 Å². The van der Waals surface area contributed by atoms with Crippen molar-refractivity contribution >= 4 is 5.91 Å². The van der Waals surface area contributed by atoms with Gasteiger partial charge in [0, 0.05) is 18.2 Å². The van der Waals surface area contributed by atoms with Gasteiger partial charge in [0.05, 0.1) is 6.61 Å². The molecule has 0 aliphatic carbocycles. The number of phenols is 2. The molecule has 1 amide bonds. The molecule has 21 heavy (non-hydrogen) atoms. The number of rotatable bonds is 6. The molecule has 2 rings (SSSR count). The largest absolute Gasteiger partial charge is 0.508 e. The summed E-state index contributed by atoms with van der Waals surface area (Å²) in [6, 6.07) is 13.2. The van der Waals surface area contributed by atoms with E-state index in [-0.39, 0.29) is 23.0 Å². The molecule has 3 N–H and O–H groups in total. The van der Waals surface area contributed by atoms with Crippen molar-refractivity contribution in [2.75, 3.05) is 13.2 Å². The van der Waals surface area contributed by atoms with E-state index < -0.39 is 0 Å². The van der Waals surface area contributed by atoms with Crippen molar-refractivity contribution in [2.24, 2.45) is 0 Å². The number of nitrogens with one attached hydrogen (secondary N) is 1. The molecule has 0 bridgehead atoms. The van der Waals surface area contributed by atoms with Crippen LogP contribution in [0, 0.1) is 0 Å². The zero-order valence-electron chi connectivity index (χ0n) is 11.5. The zero-order valence-corrected chi connectivity index (χ0v) is 11.5. The number of hydrogen-bond acceptors (Lipinski definition) is 4. The minimum absolute atomic E-state index is 0.146. The Hall–Kier alpha value is -2.69. The maximum absolute atomic E-state index is 11.8. The predicted molar refractivity (Wildman–Crippen MR) is 78.7 cm³/mol. The highest BCUT2D eigenvalue weighted by molar-refractivity contribution is 5.95.